The Morgan fingerprint density at radius 1 is 1.28 bits per heavy atom. The summed E-state index contributed by atoms with van der Waals surface area (Å²) >= 11 is 3.23. The van der Waals surface area contributed by atoms with Crippen LogP contribution in [0.15, 0.2) is 46.9 Å². The van der Waals surface area contributed by atoms with Crippen LogP contribution in [0.5, 0.6) is 0 Å². The largest absolute Gasteiger partial charge is 0.325 e. The van der Waals surface area contributed by atoms with Crippen molar-refractivity contribution in [3.63, 3.8) is 0 Å². The Kier molecular flexibility index (Phi) is 5.18. The van der Waals surface area contributed by atoms with E-state index in [4.69, 9.17) is 0 Å². The molecule has 1 fully saturated rings. The molecule has 2 aromatic rings. The molecule has 0 aliphatic carbocycles. The van der Waals surface area contributed by atoms with Gasteiger partial charge in [0.05, 0.1) is 11.6 Å². The number of hydrogen-bond donors (Lipinski definition) is 1. The minimum Gasteiger partial charge on any atom is -0.325 e. The minimum absolute atomic E-state index is 0.0671. The molecule has 2 amide bonds. The van der Waals surface area contributed by atoms with E-state index in [1.807, 2.05) is 24.3 Å². The SMILES string of the molecule is CCc1ccc(N2CC(C(=O)Nc3ccc(F)cc3Br)CC2=O)cc1. The maximum atomic E-state index is 13.1. The number of rotatable bonds is 4. The molecule has 1 N–H and O–H groups in total. The fourth-order valence-electron chi connectivity index (χ4n) is 2.87. The first-order chi connectivity index (χ1) is 12.0. The number of halogens is 2. The highest BCUT2D eigenvalue weighted by atomic mass is 79.9. The van der Waals surface area contributed by atoms with Gasteiger partial charge in [-0.15, -0.1) is 0 Å². The Bertz CT molecular complexity index is 808. The van der Waals surface area contributed by atoms with Crippen molar-refractivity contribution >= 4 is 39.1 Å². The molecule has 25 heavy (non-hydrogen) atoms. The highest BCUT2D eigenvalue weighted by Crippen LogP contribution is 2.28. The summed E-state index contributed by atoms with van der Waals surface area (Å²) in [5.41, 5.74) is 2.50. The Morgan fingerprint density at radius 3 is 2.64 bits per heavy atom. The predicted octanol–water partition coefficient (Wildman–Crippen LogP) is 4.14. The van der Waals surface area contributed by atoms with Crippen molar-refractivity contribution < 1.29 is 14.0 Å². The molecular weight excluding hydrogens is 387 g/mol. The van der Waals surface area contributed by atoms with Gasteiger partial charge in [-0.1, -0.05) is 19.1 Å². The summed E-state index contributed by atoms with van der Waals surface area (Å²) in [5.74, 6) is -1.13. The lowest BCUT2D eigenvalue weighted by Gasteiger charge is -2.17. The van der Waals surface area contributed by atoms with Crippen LogP contribution in [0.2, 0.25) is 0 Å². The van der Waals surface area contributed by atoms with Crippen LogP contribution in [-0.2, 0) is 16.0 Å². The Labute approximate surface area is 154 Å². The molecule has 0 radical (unpaired) electrons. The van der Waals surface area contributed by atoms with E-state index < -0.39 is 5.92 Å². The molecule has 1 atom stereocenters. The van der Waals surface area contributed by atoms with E-state index in [1.165, 1.54) is 23.8 Å². The zero-order valence-electron chi connectivity index (χ0n) is 13.8. The molecule has 0 saturated carbocycles. The topological polar surface area (TPSA) is 49.4 Å². The molecule has 3 rings (SSSR count). The average molecular weight is 405 g/mol. The van der Waals surface area contributed by atoms with Crippen molar-refractivity contribution in [2.24, 2.45) is 5.92 Å². The maximum absolute atomic E-state index is 13.1. The summed E-state index contributed by atoms with van der Waals surface area (Å²) in [4.78, 5) is 26.4. The maximum Gasteiger partial charge on any atom is 0.229 e. The molecule has 1 aliphatic rings. The van der Waals surface area contributed by atoms with Crippen LogP contribution in [0.3, 0.4) is 0 Å². The second-order valence-corrected chi connectivity index (χ2v) is 6.89. The van der Waals surface area contributed by atoms with Gasteiger partial charge >= 0.3 is 0 Å². The normalized spacial score (nSPS) is 17.0. The van der Waals surface area contributed by atoms with Crippen LogP contribution < -0.4 is 10.2 Å². The third-order valence-corrected chi connectivity index (χ3v) is 5.00. The number of aryl methyl sites for hydroxylation is 1. The van der Waals surface area contributed by atoms with Crippen LogP contribution in [0.1, 0.15) is 18.9 Å². The standard InChI is InChI=1S/C19H18BrFN2O2/c1-2-12-3-6-15(7-4-12)23-11-13(9-18(23)24)19(25)22-17-8-5-14(21)10-16(17)20/h3-8,10,13H,2,9,11H2,1H3,(H,22,25). The first-order valence-corrected chi connectivity index (χ1v) is 8.92. The zero-order chi connectivity index (χ0) is 18.0. The molecule has 1 unspecified atom stereocenters. The Morgan fingerprint density at radius 2 is 2.00 bits per heavy atom. The summed E-state index contributed by atoms with van der Waals surface area (Å²) in [6.45, 7) is 2.42. The number of nitrogens with zero attached hydrogens (tertiary/aromatic N) is 1. The fourth-order valence-corrected chi connectivity index (χ4v) is 3.32. The van der Waals surface area contributed by atoms with Crippen molar-refractivity contribution in [2.75, 3.05) is 16.8 Å². The number of amides is 2. The van der Waals surface area contributed by atoms with Gasteiger partial charge in [-0.3, -0.25) is 9.59 Å². The lowest BCUT2D eigenvalue weighted by Crippen LogP contribution is -2.28. The highest BCUT2D eigenvalue weighted by molar-refractivity contribution is 9.10. The van der Waals surface area contributed by atoms with Crippen LogP contribution in [0.4, 0.5) is 15.8 Å². The molecule has 130 valence electrons. The van der Waals surface area contributed by atoms with Crippen LogP contribution in [0.25, 0.3) is 0 Å². The lowest BCUT2D eigenvalue weighted by molar-refractivity contribution is -0.122. The van der Waals surface area contributed by atoms with Crippen LogP contribution in [-0.4, -0.2) is 18.4 Å². The van der Waals surface area contributed by atoms with Crippen molar-refractivity contribution in [3.05, 3.63) is 58.3 Å². The minimum atomic E-state index is -0.435. The van der Waals surface area contributed by atoms with E-state index >= 15 is 0 Å². The number of anilines is 2. The average Bonchev–Trinajstić information content (AvgIpc) is 2.99. The van der Waals surface area contributed by atoms with E-state index in [0.29, 0.717) is 16.7 Å². The smallest absolute Gasteiger partial charge is 0.229 e. The van der Waals surface area contributed by atoms with Crippen molar-refractivity contribution in [2.45, 2.75) is 19.8 Å². The van der Waals surface area contributed by atoms with Crippen molar-refractivity contribution in [3.8, 4) is 0 Å². The monoisotopic (exact) mass is 404 g/mol. The summed E-state index contributed by atoms with van der Waals surface area (Å²) in [6, 6.07) is 11.9. The summed E-state index contributed by atoms with van der Waals surface area (Å²) in [7, 11) is 0. The van der Waals surface area contributed by atoms with Crippen molar-refractivity contribution in [1.82, 2.24) is 0 Å². The Hall–Kier alpha value is -2.21. The lowest BCUT2D eigenvalue weighted by atomic mass is 10.1. The number of carbonyl (C=O) groups is 2. The molecule has 0 aromatic heterocycles. The number of benzene rings is 2. The van der Waals surface area contributed by atoms with Gasteiger partial charge in [-0.05, 0) is 58.2 Å². The molecule has 0 bridgehead atoms. The zero-order valence-corrected chi connectivity index (χ0v) is 15.3. The summed E-state index contributed by atoms with van der Waals surface area (Å²) < 4.78 is 13.6. The quantitative estimate of drug-likeness (QED) is 0.831. The highest BCUT2D eigenvalue weighted by Gasteiger charge is 2.35. The molecule has 4 nitrogen and oxygen atoms in total. The van der Waals surface area contributed by atoms with Gasteiger partial charge in [0, 0.05) is 23.1 Å². The van der Waals surface area contributed by atoms with Gasteiger partial charge in [0.1, 0.15) is 5.82 Å². The van der Waals surface area contributed by atoms with Gasteiger partial charge in [-0.2, -0.15) is 0 Å². The summed E-state index contributed by atoms with van der Waals surface area (Å²) in [6.07, 6.45) is 1.10. The predicted molar refractivity (Wildman–Crippen MR) is 99.0 cm³/mol. The van der Waals surface area contributed by atoms with E-state index in [0.717, 1.165) is 12.1 Å². The third-order valence-electron chi connectivity index (χ3n) is 4.34. The molecular formula is C19H18BrFN2O2. The number of nitrogens with one attached hydrogen (secondary N) is 1. The van der Waals surface area contributed by atoms with Gasteiger partial charge in [0.15, 0.2) is 0 Å². The first-order valence-electron chi connectivity index (χ1n) is 8.13. The van der Waals surface area contributed by atoms with Crippen molar-refractivity contribution in [1.29, 1.82) is 0 Å². The Balaban J connectivity index is 1.69. The van der Waals surface area contributed by atoms with Crippen LogP contribution >= 0.6 is 15.9 Å². The molecule has 2 aromatic carbocycles. The van der Waals surface area contributed by atoms with Gasteiger partial charge in [0.25, 0.3) is 0 Å². The molecule has 6 heteroatoms. The van der Waals surface area contributed by atoms with E-state index in [-0.39, 0.29) is 24.1 Å². The molecule has 1 heterocycles. The molecule has 1 saturated heterocycles. The summed E-state index contributed by atoms with van der Waals surface area (Å²) in [5, 5.41) is 2.76. The van der Waals surface area contributed by atoms with Gasteiger partial charge in [-0.25, -0.2) is 4.39 Å². The third kappa shape index (κ3) is 3.90. The van der Waals surface area contributed by atoms with E-state index in [2.05, 4.69) is 28.2 Å². The molecule has 1 aliphatic heterocycles. The second-order valence-electron chi connectivity index (χ2n) is 6.04. The van der Waals surface area contributed by atoms with E-state index in [1.54, 1.807) is 4.90 Å². The van der Waals surface area contributed by atoms with Gasteiger partial charge < -0.3 is 10.2 Å². The van der Waals surface area contributed by atoms with Gasteiger partial charge in [0.2, 0.25) is 11.8 Å². The molecule has 0 spiro atoms. The van der Waals surface area contributed by atoms with E-state index in [9.17, 15) is 14.0 Å². The number of hydrogen-bond acceptors (Lipinski definition) is 2. The number of carbonyl (C=O) groups excluding carboxylic acids is 2. The second kappa shape index (κ2) is 7.35. The fraction of sp³-hybridized carbons (Fsp3) is 0.263. The first kappa shape index (κ1) is 17.6. The van der Waals surface area contributed by atoms with Crippen LogP contribution in [0, 0.1) is 11.7 Å².